The number of hydrogen-bond donors (Lipinski definition) is 0. The number of aryl methyl sites for hydroxylation is 2. The summed E-state index contributed by atoms with van der Waals surface area (Å²) in [6.45, 7) is 2.17. The third-order valence-electron chi connectivity index (χ3n) is 5.07. The van der Waals surface area contributed by atoms with Gasteiger partial charge in [0, 0.05) is 28.9 Å². The van der Waals surface area contributed by atoms with Crippen molar-refractivity contribution >= 4 is 21.8 Å². The molecule has 5 rings (SSSR count). The Hall–Kier alpha value is -2.54. The average molecular weight is 283 g/mol. The fourth-order valence-corrected chi connectivity index (χ4v) is 3.95. The second-order valence-electron chi connectivity index (χ2n) is 6.44. The van der Waals surface area contributed by atoms with Gasteiger partial charge in [-0.2, -0.15) is 0 Å². The molecule has 4 aromatic rings. The van der Waals surface area contributed by atoms with Crippen molar-refractivity contribution in [2.75, 3.05) is 0 Å². The number of benzene rings is 3. The highest BCUT2D eigenvalue weighted by molar-refractivity contribution is 6.09. The molecular weight excluding hydrogens is 266 g/mol. The molecule has 0 spiro atoms. The summed E-state index contributed by atoms with van der Waals surface area (Å²) in [4.78, 5) is 0. The highest BCUT2D eigenvalue weighted by Crippen LogP contribution is 2.41. The summed E-state index contributed by atoms with van der Waals surface area (Å²) in [6.07, 6.45) is 1.06. The molecule has 0 bridgehead atoms. The molecule has 1 nitrogen and oxygen atoms in total. The molecule has 0 amide bonds. The Morgan fingerprint density at radius 2 is 1.59 bits per heavy atom. The number of fused-ring (bicyclic) bond motifs is 6. The van der Waals surface area contributed by atoms with Gasteiger partial charge in [-0.15, -0.1) is 0 Å². The lowest BCUT2D eigenvalue weighted by atomic mass is 10.0. The molecule has 3 aromatic carbocycles. The predicted octanol–water partition coefficient (Wildman–Crippen LogP) is 5.21. The van der Waals surface area contributed by atoms with Crippen molar-refractivity contribution in [2.45, 2.75) is 13.3 Å². The van der Waals surface area contributed by atoms with Gasteiger partial charge in [-0.05, 0) is 53.8 Å². The van der Waals surface area contributed by atoms with Crippen molar-refractivity contribution in [3.63, 3.8) is 0 Å². The Morgan fingerprint density at radius 1 is 0.773 bits per heavy atom. The van der Waals surface area contributed by atoms with E-state index in [4.69, 9.17) is 0 Å². The van der Waals surface area contributed by atoms with E-state index in [2.05, 4.69) is 73.1 Å². The van der Waals surface area contributed by atoms with Crippen LogP contribution in [-0.2, 0) is 13.5 Å². The van der Waals surface area contributed by atoms with Gasteiger partial charge in [0.25, 0.3) is 0 Å². The van der Waals surface area contributed by atoms with Crippen LogP contribution in [0.2, 0.25) is 0 Å². The van der Waals surface area contributed by atoms with Gasteiger partial charge in [-0.25, -0.2) is 0 Å². The molecule has 0 aliphatic heterocycles. The number of rotatable bonds is 0. The second-order valence-corrected chi connectivity index (χ2v) is 6.44. The highest BCUT2D eigenvalue weighted by atomic mass is 14.9. The lowest BCUT2D eigenvalue weighted by Gasteiger charge is -2.04. The molecule has 1 aliphatic rings. The Balaban J connectivity index is 1.91. The third-order valence-corrected chi connectivity index (χ3v) is 5.07. The van der Waals surface area contributed by atoms with Crippen LogP contribution in [0.25, 0.3) is 32.9 Å². The monoisotopic (exact) mass is 283 g/mol. The maximum absolute atomic E-state index is 2.41. The van der Waals surface area contributed by atoms with Gasteiger partial charge in [0.1, 0.15) is 0 Å². The summed E-state index contributed by atoms with van der Waals surface area (Å²) in [5.41, 5.74) is 9.73. The number of nitrogens with zero attached hydrogens (tertiary/aromatic N) is 1. The fourth-order valence-electron chi connectivity index (χ4n) is 3.95. The van der Waals surface area contributed by atoms with Gasteiger partial charge in [-0.3, -0.25) is 0 Å². The van der Waals surface area contributed by atoms with Crippen molar-refractivity contribution in [3.05, 3.63) is 71.3 Å². The van der Waals surface area contributed by atoms with Crippen LogP contribution in [-0.4, -0.2) is 4.57 Å². The first kappa shape index (κ1) is 12.0. The van der Waals surface area contributed by atoms with Crippen molar-refractivity contribution in [3.8, 4) is 11.1 Å². The van der Waals surface area contributed by atoms with E-state index < -0.39 is 0 Å². The number of aromatic nitrogens is 1. The largest absolute Gasteiger partial charge is 0.344 e. The van der Waals surface area contributed by atoms with Crippen LogP contribution in [0.5, 0.6) is 0 Å². The van der Waals surface area contributed by atoms with Crippen LogP contribution >= 0.6 is 0 Å². The third kappa shape index (κ3) is 1.43. The van der Waals surface area contributed by atoms with E-state index in [1.165, 1.54) is 49.6 Å². The van der Waals surface area contributed by atoms with Gasteiger partial charge in [0.05, 0.1) is 0 Å². The van der Waals surface area contributed by atoms with Crippen LogP contribution in [0.4, 0.5) is 0 Å². The topological polar surface area (TPSA) is 4.93 Å². The standard InChI is InChI=1S/C21H17N/c1-13-7-8-14-10-15-11-19-16-5-3-4-6-20(16)22(2)21(19)12-18(15)17(14)9-13/h3-9,11-12H,10H2,1-2H3. The van der Waals surface area contributed by atoms with Gasteiger partial charge < -0.3 is 4.57 Å². The quantitative estimate of drug-likeness (QED) is 0.367. The first-order valence-corrected chi connectivity index (χ1v) is 7.82. The number of para-hydroxylation sites is 1. The molecule has 1 heteroatoms. The van der Waals surface area contributed by atoms with Gasteiger partial charge in [0.15, 0.2) is 0 Å². The molecule has 1 aromatic heterocycles. The maximum atomic E-state index is 2.41. The minimum absolute atomic E-state index is 1.06. The zero-order valence-corrected chi connectivity index (χ0v) is 12.9. The Labute approximate surface area is 129 Å². The average Bonchev–Trinajstić information content (AvgIpc) is 3.02. The van der Waals surface area contributed by atoms with E-state index in [-0.39, 0.29) is 0 Å². The van der Waals surface area contributed by atoms with Crippen molar-refractivity contribution in [1.82, 2.24) is 4.57 Å². The van der Waals surface area contributed by atoms with Crippen LogP contribution < -0.4 is 0 Å². The van der Waals surface area contributed by atoms with E-state index >= 15 is 0 Å². The summed E-state index contributed by atoms with van der Waals surface area (Å²) in [7, 11) is 2.17. The van der Waals surface area contributed by atoms with Crippen molar-refractivity contribution < 1.29 is 0 Å². The molecule has 0 radical (unpaired) electrons. The molecule has 0 saturated carbocycles. The molecule has 0 atom stereocenters. The van der Waals surface area contributed by atoms with Crippen LogP contribution in [0.1, 0.15) is 16.7 Å². The number of hydrogen-bond acceptors (Lipinski definition) is 0. The SMILES string of the molecule is Cc1ccc2c(c1)-c1cc3c(cc1C2)c1ccccc1n3C. The maximum Gasteiger partial charge on any atom is 0.0495 e. The molecule has 1 aliphatic carbocycles. The first-order valence-electron chi connectivity index (χ1n) is 7.82. The minimum atomic E-state index is 1.06. The molecule has 106 valence electrons. The molecule has 0 N–H and O–H groups in total. The first-order chi connectivity index (χ1) is 10.7. The second kappa shape index (κ2) is 4.01. The summed E-state index contributed by atoms with van der Waals surface area (Å²) in [6, 6.07) is 20.3. The summed E-state index contributed by atoms with van der Waals surface area (Å²) >= 11 is 0. The Kier molecular flexibility index (Phi) is 2.20. The minimum Gasteiger partial charge on any atom is -0.344 e. The van der Waals surface area contributed by atoms with E-state index in [9.17, 15) is 0 Å². The lowest BCUT2D eigenvalue weighted by Crippen LogP contribution is -1.87. The van der Waals surface area contributed by atoms with E-state index in [0.717, 1.165) is 6.42 Å². The zero-order chi connectivity index (χ0) is 14.8. The highest BCUT2D eigenvalue weighted by Gasteiger charge is 2.20. The normalized spacial score (nSPS) is 12.8. The Bertz CT molecular complexity index is 1070. The van der Waals surface area contributed by atoms with Gasteiger partial charge >= 0.3 is 0 Å². The van der Waals surface area contributed by atoms with E-state index in [1.807, 2.05) is 0 Å². The smallest absolute Gasteiger partial charge is 0.0495 e. The van der Waals surface area contributed by atoms with Gasteiger partial charge in [0.2, 0.25) is 0 Å². The van der Waals surface area contributed by atoms with E-state index in [1.54, 1.807) is 0 Å². The predicted molar refractivity (Wildman–Crippen MR) is 93.4 cm³/mol. The van der Waals surface area contributed by atoms with E-state index in [0.29, 0.717) is 0 Å². The van der Waals surface area contributed by atoms with Crippen LogP contribution in [0, 0.1) is 6.92 Å². The van der Waals surface area contributed by atoms with Crippen molar-refractivity contribution in [1.29, 1.82) is 0 Å². The summed E-state index contributed by atoms with van der Waals surface area (Å²) in [5, 5.41) is 2.73. The Morgan fingerprint density at radius 3 is 2.50 bits per heavy atom. The molecular formula is C21H17N. The molecule has 0 fully saturated rings. The molecule has 1 heterocycles. The summed E-state index contributed by atoms with van der Waals surface area (Å²) < 4.78 is 2.32. The molecule has 0 unspecified atom stereocenters. The molecule has 0 saturated heterocycles. The lowest BCUT2D eigenvalue weighted by molar-refractivity contribution is 1.01. The summed E-state index contributed by atoms with van der Waals surface area (Å²) in [5.74, 6) is 0. The zero-order valence-electron chi connectivity index (χ0n) is 12.9. The fraction of sp³-hybridized carbons (Fsp3) is 0.143. The molecule has 22 heavy (non-hydrogen) atoms. The van der Waals surface area contributed by atoms with Crippen LogP contribution in [0.15, 0.2) is 54.6 Å². The van der Waals surface area contributed by atoms with Gasteiger partial charge in [-0.1, -0.05) is 42.0 Å². The van der Waals surface area contributed by atoms with Crippen molar-refractivity contribution in [2.24, 2.45) is 7.05 Å². The van der Waals surface area contributed by atoms with Crippen LogP contribution in [0.3, 0.4) is 0 Å².